The first kappa shape index (κ1) is 19.0. The summed E-state index contributed by atoms with van der Waals surface area (Å²) in [6, 6.07) is 16.8. The lowest BCUT2D eigenvalue weighted by atomic mass is 10.1. The number of benzene rings is 2. The molecule has 0 heterocycles. The van der Waals surface area contributed by atoms with Gasteiger partial charge in [0.2, 0.25) is 5.91 Å². The maximum absolute atomic E-state index is 12.6. The van der Waals surface area contributed by atoms with Gasteiger partial charge in [-0.25, -0.2) is 0 Å². The molecule has 2 aromatic rings. The summed E-state index contributed by atoms with van der Waals surface area (Å²) in [6.07, 6.45) is 6.99. The van der Waals surface area contributed by atoms with Crippen LogP contribution >= 0.6 is 0 Å². The van der Waals surface area contributed by atoms with E-state index in [1.165, 1.54) is 25.7 Å². The van der Waals surface area contributed by atoms with Crippen molar-refractivity contribution in [2.24, 2.45) is 0 Å². The smallest absolute Gasteiger partial charge is 0.257 e. The number of nitrogens with one attached hydrogen (secondary N) is 3. The highest BCUT2D eigenvalue weighted by Crippen LogP contribution is 2.18. The highest BCUT2D eigenvalue weighted by Gasteiger charge is 2.16. The first-order valence-electron chi connectivity index (χ1n) is 9.71. The number of hydrogen-bond acceptors (Lipinski definition) is 3. The van der Waals surface area contributed by atoms with Crippen LogP contribution in [0.3, 0.4) is 0 Å². The van der Waals surface area contributed by atoms with E-state index in [4.69, 9.17) is 0 Å². The number of amides is 2. The Kier molecular flexibility index (Phi) is 6.85. The van der Waals surface area contributed by atoms with E-state index >= 15 is 0 Å². The first-order chi connectivity index (χ1) is 13.2. The molecule has 0 saturated heterocycles. The van der Waals surface area contributed by atoms with Gasteiger partial charge in [0, 0.05) is 17.4 Å². The Morgan fingerprint density at radius 3 is 2.26 bits per heavy atom. The fourth-order valence-electron chi connectivity index (χ4n) is 3.43. The van der Waals surface area contributed by atoms with Crippen LogP contribution in [-0.4, -0.2) is 24.4 Å². The van der Waals surface area contributed by atoms with Crippen LogP contribution in [0, 0.1) is 0 Å². The van der Waals surface area contributed by atoms with Crippen molar-refractivity contribution in [1.82, 2.24) is 5.32 Å². The quantitative estimate of drug-likeness (QED) is 0.672. The van der Waals surface area contributed by atoms with Crippen LogP contribution in [0.2, 0.25) is 0 Å². The number of carbonyl (C=O) groups is 2. The fraction of sp³-hybridized carbons (Fsp3) is 0.364. The van der Waals surface area contributed by atoms with Crippen LogP contribution in [0.4, 0.5) is 11.4 Å². The Morgan fingerprint density at radius 1 is 0.852 bits per heavy atom. The summed E-state index contributed by atoms with van der Waals surface area (Å²) >= 11 is 0. The Labute approximate surface area is 160 Å². The molecular formula is C22H27N3O2. The van der Waals surface area contributed by atoms with E-state index < -0.39 is 0 Å². The third kappa shape index (κ3) is 5.84. The molecule has 0 aromatic heterocycles. The molecule has 0 spiro atoms. The average Bonchev–Trinajstić information content (AvgIpc) is 2.96. The SMILES string of the molecule is O=C(CNc1ccccc1C(=O)Nc1ccccc1)NC1CCCCCC1. The van der Waals surface area contributed by atoms with Gasteiger partial charge in [-0.15, -0.1) is 0 Å². The summed E-state index contributed by atoms with van der Waals surface area (Å²) in [6.45, 7) is 0.159. The summed E-state index contributed by atoms with van der Waals surface area (Å²) < 4.78 is 0. The molecule has 0 aliphatic heterocycles. The normalized spacial score (nSPS) is 14.8. The van der Waals surface area contributed by atoms with E-state index in [2.05, 4.69) is 16.0 Å². The van der Waals surface area contributed by atoms with Gasteiger partial charge in [0.05, 0.1) is 12.1 Å². The fourth-order valence-corrected chi connectivity index (χ4v) is 3.43. The molecule has 2 aromatic carbocycles. The standard InChI is InChI=1S/C22H27N3O2/c26-21(24-17-10-4-1-2-5-11-17)16-23-20-15-9-8-14-19(20)22(27)25-18-12-6-3-7-13-18/h3,6-9,12-15,17,23H,1-2,4-5,10-11,16H2,(H,24,26)(H,25,27). The Hall–Kier alpha value is -2.82. The van der Waals surface area contributed by atoms with Crippen molar-refractivity contribution in [3.63, 3.8) is 0 Å². The van der Waals surface area contributed by atoms with Gasteiger partial charge >= 0.3 is 0 Å². The van der Waals surface area contributed by atoms with E-state index in [9.17, 15) is 9.59 Å². The lowest BCUT2D eigenvalue weighted by Crippen LogP contribution is -2.38. The summed E-state index contributed by atoms with van der Waals surface area (Å²) in [7, 11) is 0. The summed E-state index contributed by atoms with van der Waals surface area (Å²) in [5.41, 5.74) is 1.91. The van der Waals surface area contributed by atoms with Crippen LogP contribution in [0.5, 0.6) is 0 Å². The molecule has 3 N–H and O–H groups in total. The van der Waals surface area contributed by atoms with Crippen LogP contribution in [0.1, 0.15) is 48.9 Å². The number of hydrogen-bond donors (Lipinski definition) is 3. The van der Waals surface area contributed by atoms with Crippen molar-refractivity contribution in [3.05, 3.63) is 60.2 Å². The second-order valence-corrected chi connectivity index (χ2v) is 6.98. The molecule has 5 nitrogen and oxygen atoms in total. The van der Waals surface area contributed by atoms with E-state index in [-0.39, 0.29) is 24.4 Å². The molecule has 0 bridgehead atoms. The Morgan fingerprint density at radius 2 is 1.52 bits per heavy atom. The van der Waals surface area contributed by atoms with Crippen molar-refractivity contribution < 1.29 is 9.59 Å². The van der Waals surface area contributed by atoms with E-state index in [1.807, 2.05) is 48.5 Å². The van der Waals surface area contributed by atoms with Crippen LogP contribution in [0.25, 0.3) is 0 Å². The minimum atomic E-state index is -0.200. The first-order valence-corrected chi connectivity index (χ1v) is 9.71. The molecule has 0 atom stereocenters. The number of rotatable bonds is 6. The van der Waals surface area contributed by atoms with Crippen molar-refractivity contribution >= 4 is 23.2 Å². The molecule has 0 radical (unpaired) electrons. The maximum Gasteiger partial charge on any atom is 0.257 e. The van der Waals surface area contributed by atoms with Crippen molar-refractivity contribution in [1.29, 1.82) is 0 Å². The van der Waals surface area contributed by atoms with Gasteiger partial charge in [-0.1, -0.05) is 56.0 Å². The largest absolute Gasteiger partial charge is 0.376 e. The Bertz CT molecular complexity index is 753. The molecule has 2 amide bonds. The highest BCUT2D eigenvalue weighted by atomic mass is 16.2. The van der Waals surface area contributed by atoms with Crippen LogP contribution in [-0.2, 0) is 4.79 Å². The van der Waals surface area contributed by atoms with Gasteiger partial charge in [-0.3, -0.25) is 9.59 Å². The summed E-state index contributed by atoms with van der Waals surface area (Å²) in [5, 5.41) is 9.11. The van der Waals surface area contributed by atoms with Crippen molar-refractivity contribution in [2.75, 3.05) is 17.2 Å². The molecule has 1 aliphatic carbocycles. The topological polar surface area (TPSA) is 70.2 Å². The highest BCUT2D eigenvalue weighted by molar-refractivity contribution is 6.08. The van der Waals surface area contributed by atoms with Gasteiger partial charge in [0.25, 0.3) is 5.91 Å². The molecule has 1 saturated carbocycles. The molecule has 27 heavy (non-hydrogen) atoms. The third-order valence-electron chi connectivity index (χ3n) is 4.86. The minimum absolute atomic E-state index is 0.0276. The number of carbonyl (C=O) groups excluding carboxylic acids is 2. The number of anilines is 2. The van der Waals surface area contributed by atoms with Crippen molar-refractivity contribution in [2.45, 2.75) is 44.6 Å². The molecule has 142 valence electrons. The summed E-state index contributed by atoms with van der Waals surface area (Å²) in [4.78, 5) is 24.9. The lowest BCUT2D eigenvalue weighted by Gasteiger charge is -2.17. The second-order valence-electron chi connectivity index (χ2n) is 6.98. The van der Waals surface area contributed by atoms with Crippen LogP contribution < -0.4 is 16.0 Å². The molecule has 5 heteroatoms. The van der Waals surface area contributed by atoms with E-state index in [0.717, 1.165) is 18.5 Å². The maximum atomic E-state index is 12.6. The zero-order chi connectivity index (χ0) is 18.9. The average molecular weight is 365 g/mol. The Balaban J connectivity index is 1.57. The predicted octanol–water partition coefficient (Wildman–Crippen LogP) is 4.19. The van der Waals surface area contributed by atoms with Gasteiger partial charge < -0.3 is 16.0 Å². The van der Waals surface area contributed by atoms with Crippen molar-refractivity contribution in [3.8, 4) is 0 Å². The van der Waals surface area contributed by atoms with E-state index in [0.29, 0.717) is 11.3 Å². The molecule has 3 rings (SSSR count). The third-order valence-corrected chi connectivity index (χ3v) is 4.86. The zero-order valence-electron chi connectivity index (χ0n) is 15.5. The van der Waals surface area contributed by atoms with Gasteiger partial charge in [0.15, 0.2) is 0 Å². The molecule has 1 aliphatic rings. The number of para-hydroxylation sites is 2. The molecule has 1 fully saturated rings. The summed E-state index contributed by atoms with van der Waals surface area (Å²) in [5.74, 6) is -0.228. The lowest BCUT2D eigenvalue weighted by molar-refractivity contribution is -0.120. The second kappa shape index (κ2) is 9.76. The van der Waals surface area contributed by atoms with E-state index in [1.54, 1.807) is 6.07 Å². The predicted molar refractivity (Wildman–Crippen MR) is 109 cm³/mol. The van der Waals surface area contributed by atoms with Crippen LogP contribution in [0.15, 0.2) is 54.6 Å². The zero-order valence-corrected chi connectivity index (χ0v) is 15.5. The van der Waals surface area contributed by atoms with Gasteiger partial charge in [-0.2, -0.15) is 0 Å². The molecule has 0 unspecified atom stereocenters. The molecular weight excluding hydrogens is 338 g/mol. The minimum Gasteiger partial charge on any atom is -0.376 e. The van der Waals surface area contributed by atoms with Gasteiger partial charge in [-0.05, 0) is 37.1 Å². The monoisotopic (exact) mass is 365 g/mol. The van der Waals surface area contributed by atoms with Gasteiger partial charge in [0.1, 0.15) is 0 Å².